The van der Waals surface area contributed by atoms with Crippen molar-refractivity contribution in [3.63, 3.8) is 0 Å². The number of unbranched alkanes of at least 4 members (excludes halogenated alkanes) is 2. The van der Waals surface area contributed by atoms with Crippen molar-refractivity contribution in [1.82, 2.24) is 0 Å². The molecule has 1 rings (SSSR count). The van der Waals surface area contributed by atoms with E-state index in [0.29, 0.717) is 12.0 Å². The Kier molecular flexibility index (Phi) is 9.31. The third-order valence-electron chi connectivity index (χ3n) is 3.23. The van der Waals surface area contributed by atoms with Gasteiger partial charge in [0.2, 0.25) is 0 Å². The molecule has 0 heterocycles. The summed E-state index contributed by atoms with van der Waals surface area (Å²) in [7, 11) is 0. The van der Waals surface area contributed by atoms with Crippen LogP contribution in [-0.4, -0.2) is 12.6 Å². The van der Waals surface area contributed by atoms with Crippen LogP contribution in [0.4, 0.5) is 0 Å². The molecule has 1 atom stereocenters. The van der Waals surface area contributed by atoms with Crippen molar-refractivity contribution in [3.8, 4) is 0 Å². The molecule has 0 aromatic heterocycles. The van der Waals surface area contributed by atoms with Crippen LogP contribution < -0.4 is 5.73 Å². The van der Waals surface area contributed by atoms with Gasteiger partial charge >= 0.3 is 5.97 Å². The zero-order valence-electron chi connectivity index (χ0n) is 13.3. The second kappa shape index (κ2) is 9.80. The molecular weight excluding hydrogens is 286 g/mol. The van der Waals surface area contributed by atoms with Gasteiger partial charge in [0.15, 0.2) is 0 Å². The van der Waals surface area contributed by atoms with E-state index < -0.39 is 6.04 Å². The summed E-state index contributed by atoms with van der Waals surface area (Å²) in [5.41, 5.74) is 7.04. The van der Waals surface area contributed by atoms with Crippen LogP contribution in [0.3, 0.4) is 0 Å². The lowest BCUT2D eigenvalue weighted by atomic mass is 9.89. The summed E-state index contributed by atoms with van der Waals surface area (Å²) in [6.07, 6.45) is 4.37. The molecule has 1 aromatic rings. The Labute approximate surface area is 134 Å². The van der Waals surface area contributed by atoms with Crippen LogP contribution in [0.1, 0.15) is 58.1 Å². The van der Waals surface area contributed by atoms with E-state index in [1.54, 1.807) is 0 Å². The lowest BCUT2D eigenvalue weighted by Crippen LogP contribution is -2.24. The predicted octanol–water partition coefficient (Wildman–Crippen LogP) is 4.26. The predicted molar refractivity (Wildman–Crippen MR) is 89.5 cm³/mol. The van der Waals surface area contributed by atoms with Crippen molar-refractivity contribution in [2.75, 3.05) is 6.61 Å². The molecule has 0 saturated heterocycles. The minimum absolute atomic E-state index is 0. The molecule has 0 amide bonds. The normalized spacial score (nSPS) is 12.4. The number of nitrogens with two attached hydrogens (primary N) is 1. The smallest absolute Gasteiger partial charge is 0.327 e. The summed E-state index contributed by atoms with van der Waals surface area (Å²) >= 11 is 0. The van der Waals surface area contributed by atoms with E-state index in [4.69, 9.17) is 10.5 Å². The van der Waals surface area contributed by atoms with E-state index in [0.717, 1.165) is 18.4 Å². The summed E-state index contributed by atoms with van der Waals surface area (Å²) in [6.45, 7) is 7.19. The second-order valence-corrected chi connectivity index (χ2v) is 6.43. The summed E-state index contributed by atoms with van der Waals surface area (Å²) in [6, 6.07) is 8.65. The van der Waals surface area contributed by atoms with Gasteiger partial charge in [-0.25, -0.2) is 4.79 Å². The summed E-state index contributed by atoms with van der Waals surface area (Å²) < 4.78 is 5.23. The Bertz CT molecular complexity index is 401. The monoisotopic (exact) mass is 313 g/mol. The number of benzene rings is 1. The minimum atomic E-state index is -0.675. The van der Waals surface area contributed by atoms with Gasteiger partial charge in [-0.15, -0.1) is 12.4 Å². The van der Waals surface area contributed by atoms with Gasteiger partial charge in [0.05, 0.1) is 6.61 Å². The Morgan fingerprint density at radius 2 is 1.76 bits per heavy atom. The van der Waals surface area contributed by atoms with Crippen molar-refractivity contribution >= 4 is 18.4 Å². The Morgan fingerprint density at radius 1 is 1.14 bits per heavy atom. The molecule has 0 fully saturated rings. The first-order valence-electron chi connectivity index (χ1n) is 7.37. The molecule has 21 heavy (non-hydrogen) atoms. The Balaban J connectivity index is 0.00000400. The van der Waals surface area contributed by atoms with E-state index in [1.807, 2.05) is 30.3 Å². The van der Waals surface area contributed by atoms with Crippen LogP contribution in [0.25, 0.3) is 0 Å². The molecule has 3 nitrogen and oxygen atoms in total. The van der Waals surface area contributed by atoms with E-state index in [2.05, 4.69) is 20.8 Å². The molecule has 0 spiro atoms. The average Bonchev–Trinajstić information content (AvgIpc) is 2.41. The molecular formula is C17H28ClNO2. The van der Waals surface area contributed by atoms with Crippen molar-refractivity contribution in [2.45, 2.75) is 52.5 Å². The van der Waals surface area contributed by atoms with Crippen molar-refractivity contribution < 1.29 is 9.53 Å². The van der Waals surface area contributed by atoms with Gasteiger partial charge in [-0.1, -0.05) is 63.9 Å². The van der Waals surface area contributed by atoms with Crippen LogP contribution in [0, 0.1) is 5.41 Å². The van der Waals surface area contributed by atoms with E-state index in [1.165, 1.54) is 12.8 Å². The average molecular weight is 314 g/mol. The van der Waals surface area contributed by atoms with E-state index >= 15 is 0 Å². The van der Waals surface area contributed by atoms with Gasteiger partial charge in [0.25, 0.3) is 0 Å². The fourth-order valence-corrected chi connectivity index (χ4v) is 1.99. The fourth-order valence-electron chi connectivity index (χ4n) is 1.99. The van der Waals surface area contributed by atoms with Crippen LogP contribution in [0.15, 0.2) is 30.3 Å². The van der Waals surface area contributed by atoms with Gasteiger partial charge in [0, 0.05) is 0 Å². The number of carbonyl (C=O) groups is 1. The number of rotatable bonds is 7. The lowest BCUT2D eigenvalue weighted by molar-refractivity contribution is -0.145. The maximum Gasteiger partial charge on any atom is 0.327 e. The first kappa shape index (κ1) is 19.9. The Hall–Kier alpha value is -1.06. The molecule has 0 aliphatic rings. The molecule has 0 aliphatic heterocycles. The van der Waals surface area contributed by atoms with Crippen LogP contribution >= 0.6 is 12.4 Å². The molecule has 0 bridgehead atoms. The van der Waals surface area contributed by atoms with Gasteiger partial charge in [-0.2, -0.15) is 0 Å². The first-order chi connectivity index (χ1) is 9.40. The number of halogens is 1. The minimum Gasteiger partial charge on any atom is -0.464 e. The highest BCUT2D eigenvalue weighted by molar-refractivity contribution is 5.85. The Morgan fingerprint density at radius 3 is 2.33 bits per heavy atom. The third-order valence-corrected chi connectivity index (χ3v) is 3.23. The molecule has 0 saturated carbocycles. The van der Waals surface area contributed by atoms with E-state index in [9.17, 15) is 4.79 Å². The van der Waals surface area contributed by atoms with Gasteiger partial charge in [-0.3, -0.25) is 0 Å². The zero-order chi connectivity index (χ0) is 15.0. The number of carbonyl (C=O) groups excluding carboxylic acids is 1. The second-order valence-electron chi connectivity index (χ2n) is 6.43. The summed E-state index contributed by atoms with van der Waals surface area (Å²) in [5.74, 6) is -0.341. The highest BCUT2D eigenvalue weighted by Gasteiger charge is 2.16. The topological polar surface area (TPSA) is 52.3 Å². The molecule has 0 aliphatic carbocycles. The number of esters is 1. The largest absolute Gasteiger partial charge is 0.464 e. The van der Waals surface area contributed by atoms with Crippen LogP contribution in [-0.2, 0) is 9.53 Å². The van der Waals surface area contributed by atoms with E-state index in [-0.39, 0.29) is 18.4 Å². The van der Waals surface area contributed by atoms with Gasteiger partial charge in [0.1, 0.15) is 6.04 Å². The summed E-state index contributed by atoms with van der Waals surface area (Å²) in [5, 5.41) is 0. The van der Waals surface area contributed by atoms with Crippen molar-refractivity contribution in [3.05, 3.63) is 35.9 Å². The quantitative estimate of drug-likeness (QED) is 0.604. The highest BCUT2D eigenvalue weighted by atomic mass is 35.5. The molecule has 120 valence electrons. The molecule has 1 aromatic carbocycles. The third kappa shape index (κ3) is 8.74. The van der Waals surface area contributed by atoms with Crippen molar-refractivity contribution in [1.29, 1.82) is 0 Å². The first-order valence-corrected chi connectivity index (χ1v) is 7.37. The fraction of sp³-hybridized carbons (Fsp3) is 0.588. The summed E-state index contributed by atoms with van der Waals surface area (Å²) in [4.78, 5) is 11.8. The van der Waals surface area contributed by atoms with Crippen LogP contribution in [0.2, 0.25) is 0 Å². The molecule has 2 N–H and O–H groups in total. The van der Waals surface area contributed by atoms with Crippen molar-refractivity contribution in [2.24, 2.45) is 11.1 Å². The van der Waals surface area contributed by atoms with Gasteiger partial charge < -0.3 is 10.5 Å². The van der Waals surface area contributed by atoms with Gasteiger partial charge in [-0.05, 0) is 23.8 Å². The maximum atomic E-state index is 11.8. The number of hydrogen-bond acceptors (Lipinski definition) is 3. The molecule has 1 unspecified atom stereocenters. The molecule has 0 radical (unpaired) electrons. The standard InChI is InChI=1S/C17H27NO2.ClH/c1-17(2,3)12-8-5-9-13-20-16(19)15(18)14-10-6-4-7-11-14;/h4,6-7,10-11,15H,5,8-9,12-13,18H2,1-3H3;1H. The molecule has 4 heteroatoms. The zero-order valence-corrected chi connectivity index (χ0v) is 14.1. The maximum absolute atomic E-state index is 11.8. The lowest BCUT2D eigenvalue weighted by Gasteiger charge is -2.17. The number of hydrogen-bond donors (Lipinski definition) is 1. The highest BCUT2D eigenvalue weighted by Crippen LogP contribution is 2.22. The SMILES string of the molecule is CC(C)(C)CCCCCOC(=O)C(N)c1ccccc1.Cl. The number of ether oxygens (including phenoxy) is 1. The van der Waals surface area contributed by atoms with Crippen LogP contribution in [0.5, 0.6) is 0 Å².